The largest absolute Gasteiger partial charge is 0.511 e. The number of halogens is 3. The Kier molecular flexibility index (Phi) is 7.01. The van der Waals surface area contributed by atoms with E-state index in [2.05, 4.69) is 10.2 Å². The number of carbonyl (C=O) groups excluding carboxylic acids is 1. The van der Waals surface area contributed by atoms with Gasteiger partial charge in [-0.1, -0.05) is 18.6 Å². The summed E-state index contributed by atoms with van der Waals surface area (Å²) in [7, 11) is -5.37. The molecule has 1 amide bonds. The van der Waals surface area contributed by atoms with Crippen molar-refractivity contribution in [3.63, 3.8) is 0 Å². The Morgan fingerprint density at radius 2 is 1.69 bits per heavy atom. The van der Waals surface area contributed by atoms with Crippen LogP contribution in [0.4, 0.5) is 18.9 Å². The van der Waals surface area contributed by atoms with E-state index in [1.165, 1.54) is 35.4 Å². The van der Waals surface area contributed by atoms with Crippen LogP contribution in [-0.4, -0.2) is 44.4 Å². The lowest BCUT2D eigenvalue weighted by Crippen LogP contribution is -2.35. The first-order chi connectivity index (χ1) is 12.2. The lowest BCUT2D eigenvalue weighted by Gasteiger charge is -2.25. The predicted molar refractivity (Wildman–Crippen MR) is 91.8 cm³/mol. The van der Waals surface area contributed by atoms with Gasteiger partial charge in [-0.2, -0.15) is 13.2 Å². The number of benzene rings is 1. The van der Waals surface area contributed by atoms with E-state index in [4.69, 9.17) is 0 Å². The SMILES string of the molecule is O=C(CCN1CCCCC1)Nc1ccc(CNS(=O)(=O)C(F)(F)F)cc1. The summed E-state index contributed by atoms with van der Waals surface area (Å²) in [5.41, 5.74) is -4.48. The third-order valence-corrected chi connectivity index (χ3v) is 5.25. The van der Waals surface area contributed by atoms with Gasteiger partial charge in [0.2, 0.25) is 5.91 Å². The topological polar surface area (TPSA) is 78.5 Å². The van der Waals surface area contributed by atoms with Crippen molar-refractivity contribution < 1.29 is 26.4 Å². The van der Waals surface area contributed by atoms with Crippen LogP contribution in [0, 0.1) is 0 Å². The fourth-order valence-electron chi connectivity index (χ4n) is 2.63. The average molecular weight is 393 g/mol. The molecule has 1 fully saturated rings. The van der Waals surface area contributed by atoms with E-state index in [-0.39, 0.29) is 5.91 Å². The van der Waals surface area contributed by atoms with E-state index in [1.807, 2.05) is 0 Å². The summed E-state index contributed by atoms with van der Waals surface area (Å²) < 4.78 is 60.1. The van der Waals surface area contributed by atoms with Gasteiger partial charge in [-0.3, -0.25) is 4.79 Å². The van der Waals surface area contributed by atoms with Crippen molar-refractivity contribution >= 4 is 21.6 Å². The highest BCUT2D eigenvalue weighted by molar-refractivity contribution is 7.90. The highest BCUT2D eigenvalue weighted by Crippen LogP contribution is 2.22. The fraction of sp³-hybridized carbons (Fsp3) is 0.562. The molecule has 10 heteroatoms. The number of piperidine rings is 1. The van der Waals surface area contributed by atoms with Crippen LogP contribution in [0.3, 0.4) is 0 Å². The lowest BCUT2D eigenvalue weighted by atomic mass is 10.1. The fourth-order valence-corrected chi connectivity index (χ4v) is 3.15. The Morgan fingerprint density at radius 3 is 2.27 bits per heavy atom. The van der Waals surface area contributed by atoms with Gasteiger partial charge in [0.1, 0.15) is 0 Å². The summed E-state index contributed by atoms with van der Waals surface area (Å²) in [5, 5.41) is 2.72. The maximum absolute atomic E-state index is 12.2. The standard InChI is InChI=1S/C16H22F3N3O3S/c17-16(18,19)26(24,25)20-12-13-4-6-14(7-5-13)21-15(23)8-11-22-9-2-1-3-10-22/h4-7,20H,1-3,8-12H2,(H,21,23). The van der Waals surface area contributed by atoms with Crippen molar-refractivity contribution in [2.45, 2.75) is 37.7 Å². The summed E-state index contributed by atoms with van der Waals surface area (Å²) >= 11 is 0. The van der Waals surface area contributed by atoms with E-state index in [0.717, 1.165) is 25.9 Å². The molecule has 0 saturated carbocycles. The second-order valence-corrected chi connectivity index (χ2v) is 7.93. The van der Waals surface area contributed by atoms with Crippen molar-refractivity contribution in [3.8, 4) is 0 Å². The number of nitrogens with one attached hydrogen (secondary N) is 2. The third-order valence-electron chi connectivity index (χ3n) is 4.11. The first kappa shape index (κ1) is 20.7. The van der Waals surface area contributed by atoms with Crippen LogP contribution in [0.25, 0.3) is 0 Å². The first-order valence-corrected chi connectivity index (χ1v) is 9.83. The molecule has 2 N–H and O–H groups in total. The Hall–Kier alpha value is -1.65. The van der Waals surface area contributed by atoms with Crippen molar-refractivity contribution in [3.05, 3.63) is 29.8 Å². The normalized spacial score (nSPS) is 16.4. The molecule has 1 aliphatic rings. The van der Waals surface area contributed by atoms with E-state index in [9.17, 15) is 26.4 Å². The highest BCUT2D eigenvalue weighted by atomic mass is 32.2. The summed E-state index contributed by atoms with van der Waals surface area (Å²) in [6, 6.07) is 5.96. The lowest BCUT2D eigenvalue weighted by molar-refractivity contribution is -0.116. The van der Waals surface area contributed by atoms with Gasteiger partial charge in [-0.15, -0.1) is 0 Å². The third kappa shape index (κ3) is 6.26. The van der Waals surface area contributed by atoms with Gasteiger partial charge in [0.15, 0.2) is 0 Å². The molecule has 1 aliphatic heterocycles. The molecule has 1 aromatic rings. The Balaban J connectivity index is 1.78. The van der Waals surface area contributed by atoms with Crippen molar-refractivity contribution in [1.29, 1.82) is 0 Å². The number of sulfonamides is 1. The molecule has 1 saturated heterocycles. The van der Waals surface area contributed by atoms with Gasteiger partial charge in [-0.05, 0) is 43.6 Å². The van der Waals surface area contributed by atoms with Gasteiger partial charge in [0, 0.05) is 25.2 Å². The molecule has 0 unspecified atom stereocenters. The maximum atomic E-state index is 12.2. The molecule has 1 heterocycles. The summed E-state index contributed by atoms with van der Waals surface area (Å²) in [6.07, 6.45) is 3.91. The van der Waals surface area contributed by atoms with Crippen LogP contribution in [0.15, 0.2) is 24.3 Å². The highest BCUT2D eigenvalue weighted by Gasteiger charge is 2.45. The molecule has 146 valence electrons. The zero-order valence-electron chi connectivity index (χ0n) is 14.2. The van der Waals surface area contributed by atoms with E-state index >= 15 is 0 Å². The molecule has 0 aliphatic carbocycles. The number of rotatable bonds is 7. The van der Waals surface area contributed by atoms with Gasteiger partial charge in [-0.25, -0.2) is 13.1 Å². The Morgan fingerprint density at radius 1 is 1.08 bits per heavy atom. The van der Waals surface area contributed by atoms with Gasteiger partial charge in [0.25, 0.3) is 0 Å². The maximum Gasteiger partial charge on any atom is 0.511 e. The minimum Gasteiger partial charge on any atom is -0.326 e. The van der Waals surface area contributed by atoms with Crippen LogP contribution in [0.5, 0.6) is 0 Å². The molecule has 0 aromatic heterocycles. The van der Waals surface area contributed by atoms with Crippen LogP contribution in [-0.2, 0) is 21.4 Å². The van der Waals surface area contributed by atoms with E-state index in [1.54, 1.807) is 0 Å². The van der Waals surface area contributed by atoms with Crippen LogP contribution >= 0.6 is 0 Å². The molecule has 0 bridgehead atoms. The van der Waals surface area contributed by atoms with Crippen LogP contribution < -0.4 is 10.0 Å². The number of amides is 1. The second kappa shape index (κ2) is 8.83. The molecule has 2 rings (SSSR count). The number of likely N-dealkylation sites (tertiary alicyclic amines) is 1. The number of anilines is 1. The molecule has 0 radical (unpaired) electrons. The molecule has 0 spiro atoms. The minimum absolute atomic E-state index is 0.138. The first-order valence-electron chi connectivity index (χ1n) is 8.34. The predicted octanol–water partition coefficient (Wildman–Crippen LogP) is 2.44. The molecular weight excluding hydrogens is 371 g/mol. The minimum atomic E-state index is -5.37. The number of alkyl halides is 3. The van der Waals surface area contributed by atoms with Gasteiger partial charge in [0.05, 0.1) is 0 Å². The number of nitrogens with zero attached hydrogens (tertiary/aromatic N) is 1. The summed E-state index contributed by atoms with van der Waals surface area (Å²) in [4.78, 5) is 14.2. The zero-order chi connectivity index (χ0) is 19.2. The van der Waals surface area contributed by atoms with Gasteiger partial charge >= 0.3 is 15.5 Å². The summed E-state index contributed by atoms with van der Waals surface area (Å²) in [5.74, 6) is -0.138. The molecule has 1 aromatic carbocycles. The summed E-state index contributed by atoms with van der Waals surface area (Å²) in [6.45, 7) is 2.24. The number of hydrogen-bond acceptors (Lipinski definition) is 4. The second-order valence-electron chi connectivity index (χ2n) is 6.17. The molecule has 26 heavy (non-hydrogen) atoms. The number of carbonyl (C=O) groups is 1. The van der Waals surface area contributed by atoms with Crippen molar-refractivity contribution in [2.75, 3.05) is 25.0 Å². The van der Waals surface area contributed by atoms with Crippen molar-refractivity contribution in [2.24, 2.45) is 0 Å². The zero-order valence-corrected chi connectivity index (χ0v) is 15.0. The Labute approximate surface area is 150 Å². The monoisotopic (exact) mass is 393 g/mol. The average Bonchev–Trinajstić information content (AvgIpc) is 2.59. The molecule has 0 atom stereocenters. The van der Waals surface area contributed by atoms with E-state index in [0.29, 0.717) is 24.2 Å². The van der Waals surface area contributed by atoms with Crippen molar-refractivity contribution in [1.82, 2.24) is 9.62 Å². The smallest absolute Gasteiger partial charge is 0.326 e. The molecule has 6 nitrogen and oxygen atoms in total. The van der Waals surface area contributed by atoms with Gasteiger partial charge < -0.3 is 10.2 Å². The van der Waals surface area contributed by atoms with E-state index < -0.39 is 22.1 Å². The van der Waals surface area contributed by atoms with Crippen LogP contribution in [0.2, 0.25) is 0 Å². The quantitative estimate of drug-likeness (QED) is 0.746. The van der Waals surface area contributed by atoms with Crippen LogP contribution in [0.1, 0.15) is 31.2 Å². The Bertz CT molecular complexity index is 700. The number of hydrogen-bond donors (Lipinski definition) is 2. The molecular formula is C16H22F3N3O3S.